The second-order valence-corrected chi connectivity index (χ2v) is 8.76. The number of rotatable bonds is 1. The number of phenols is 2. The van der Waals surface area contributed by atoms with Crippen LogP contribution >= 0.6 is 0 Å². The Bertz CT molecular complexity index is 1390. The van der Waals surface area contributed by atoms with Gasteiger partial charge in [-0.3, -0.25) is 4.18 Å². The molecule has 0 saturated heterocycles. The topological polar surface area (TPSA) is 167 Å². The SMILES string of the molecule is CNC(=O)[O-].COS(=O)(=O)[O-].Cc1ccc2cccc(O)c2[n+]1C.Cc1ccc2cccc(O)c2[n+]1C. The molecule has 3 N–H and O–H groups in total. The van der Waals surface area contributed by atoms with Gasteiger partial charge >= 0.3 is 0 Å². The van der Waals surface area contributed by atoms with Gasteiger partial charge in [0, 0.05) is 33.0 Å². The molecule has 2 aromatic heterocycles. The molecular weight excluding hydrogens is 502 g/mol. The molecule has 0 saturated carbocycles. The van der Waals surface area contributed by atoms with E-state index in [9.17, 15) is 23.2 Å². The lowest BCUT2D eigenvalue weighted by molar-refractivity contribution is -0.651. The van der Waals surface area contributed by atoms with Crippen LogP contribution in [0, 0.1) is 13.8 Å². The molecule has 0 fully saturated rings. The zero-order valence-electron chi connectivity index (χ0n) is 21.4. The summed E-state index contributed by atoms with van der Waals surface area (Å²) in [4.78, 5) is 9.15. The average molecular weight is 534 g/mol. The lowest BCUT2D eigenvalue weighted by atomic mass is 10.2. The van der Waals surface area contributed by atoms with Crippen molar-refractivity contribution in [3.8, 4) is 11.5 Å². The first kappa shape index (κ1) is 31.0. The van der Waals surface area contributed by atoms with E-state index in [1.165, 1.54) is 7.05 Å². The number of pyridine rings is 2. The van der Waals surface area contributed by atoms with E-state index in [1.807, 2.05) is 90.9 Å². The Labute approximate surface area is 215 Å². The maximum Gasteiger partial charge on any atom is 0.254 e. The van der Waals surface area contributed by atoms with Crippen molar-refractivity contribution in [1.82, 2.24) is 5.32 Å². The molecule has 0 aliphatic carbocycles. The Hall–Kier alpha value is -4.00. The predicted molar refractivity (Wildman–Crippen MR) is 134 cm³/mol. The summed E-state index contributed by atoms with van der Waals surface area (Å²) in [5.74, 6) is 0.674. The van der Waals surface area contributed by atoms with Crippen LogP contribution in [0.25, 0.3) is 21.8 Å². The quantitative estimate of drug-likeness (QED) is 0.185. The summed E-state index contributed by atoms with van der Waals surface area (Å²) in [6.07, 6.45) is -1.25. The van der Waals surface area contributed by atoms with Crippen molar-refractivity contribution in [3.63, 3.8) is 0 Å². The van der Waals surface area contributed by atoms with Crippen LogP contribution in [-0.2, 0) is 28.7 Å². The second kappa shape index (κ2) is 13.9. The third-order valence-corrected chi connectivity index (χ3v) is 5.65. The fourth-order valence-electron chi connectivity index (χ4n) is 3.09. The molecule has 0 radical (unpaired) electrons. The van der Waals surface area contributed by atoms with Gasteiger partial charge in [0.15, 0.2) is 22.9 Å². The summed E-state index contributed by atoms with van der Waals surface area (Å²) >= 11 is 0. The molecule has 0 aliphatic rings. The van der Waals surface area contributed by atoms with Crippen LogP contribution < -0.4 is 19.6 Å². The van der Waals surface area contributed by atoms with Crippen LogP contribution in [-0.4, -0.2) is 43.4 Å². The van der Waals surface area contributed by atoms with Gasteiger partial charge < -0.3 is 30.0 Å². The normalized spacial score (nSPS) is 10.2. The molecule has 4 rings (SSSR count). The molecule has 1 amide bonds. The Morgan fingerprint density at radius 3 is 1.43 bits per heavy atom. The van der Waals surface area contributed by atoms with E-state index in [0.29, 0.717) is 11.5 Å². The highest BCUT2D eigenvalue weighted by Gasteiger charge is 2.12. The van der Waals surface area contributed by atoms with E-state index in [0.717, 1.165) is 40.3 Å². The van der Waals surface area contributed by atoms with Crippen molar-refractivity contribution in [3.05, 3.63) is 72.1 Å². The first-order chi connectivity index (χ1) is 17.2. The van der Waals surface area contributed by atoms with Gasteiger partial charge in [-0.15, -0.1) is 0 Å². The van der Waals surface area contributed by atoms with Crippen LogP contribution in [0.4, 0.5) is 4.79 Å². The van der Waals surface area contributed by atoms with Gasteiger partial charge in [-0.2, -0.15) is 9.13 Å². The summed E-state index contributed by atoms with van der Waals surface area (Å²) in [7, 11) is 1.59. The molecule has 11 nitrogen and oxygen atoms in total. The number of nitrogens with one attached hydrogen (secondary N) is 1. The van der Waals surface area contributed by atoms with Crippen LogP contribution in [0.3, 0.4) is 0 Å². The average Bonchev–Trinajstić information content (AvgIpc) is 2.84. The lowest BCUT2D eigenvalue weighted by Gasteiger charge is -2.00. The lowest BCUT2D eigenvalue weighted by Crippen LogP contribution is -2.33. The summed E-state index contributed by atoms with van der Waals surface area (Å²) in [5, 5.41) is 32.4. The van der Waals surface area contributed by atoms with Crippen LogP contribution in [0.5, 0.6) is 11.5 Å². The van der Waals surface area contributed by atoms with Gasteiger partial charge in [0.25, 0.3) is 11.0 Å². The number of fused-ring (bicyclic) bond motifs is 2. The number of nitrogens with zero attached hydrogens (tertiary/aromatic N) is 2. The van der Waals surface area contributed by atoms with Crippen molar-refractivity contribution in [1.29, 1.82) is 0 Å². The number of carbonyl (C=O) groups excluding carboxylic acids is 1. The zero-order valence-corrected chi connectivity index (χ0v) is 22.2. The molecule has 200 valence electrons. The summed E-state index contributed by atoms with van der Waals surface area (Å²) in [5.41, 5.74) is 4.05. The number of phenolic OH excluding ortho intramolecular Hbond substituents is 2. The molecular formula is C25H31N3O8S. The van der Waals surface area contributed by atoms with Gasteiger partial charge in [0.2, 0.25) is 10.4 Å². The Morgan fingerprint density at radius 1 is 0.838 bits per heavy atom. The number of carbonyl (C=O) groups is 1. The van der Waals surface area contributed by atoms with Gasteiger partial charge in [0.05, 0.1) is 17.9 Å². The minimum atomic E-state index is -4.41. The number of carboxylic acid groups (broad SMARTS) is 1. The Balaban J connectivity index is 0.000000269. The smallest absolute Gasteiger partial charge is 0.254 e. The zero-order chi connectivity index (χ0) is 28.3. The van der Waals surface area contributed by atoms with Gasteiger partial charge in [-0.25, -0.2) is 8.42 Å². The van der Waals surface area contributed by atoms with Crippen LogP contribution in [0.1, 0.15) is 11.4 Å². The van der Waals surface area contributed by atoms with E-state index in [-0.39, 0.29) is 0 Å². The number of amides is 1. The highest BCUT2D eigenvalue weighted by Crippen LogP contribution is 2.21. The Morgan fingerprint density at radius 2 is 1.16 bits per heavy atom. The van der Waals surface area contributed by atoms with Crippen molar-refractivity contribution in [2.75, 3.05) is 14.2 Å². The first-order valence-electron chi connectivity index (χ1n) is 10.8. The summed E-state index contributed by atoms with van der Waals surface area (Å²) < 4.78 is 35.0. The second-order valence-electron chi connectivity index (χ2n) is 7.61. The number of benzene rings is 2. The monoisotopic (exact) mass is 533 g/mol. The van der Waals surface area contributed by atoms with E-state index < -0.39 is 16.5 Å². The fourth-order valence-corrected chi connectivity index (χ4v) is 3.09. The highest BCUT2D eigenvalue weighted by atomic mass is 32.3. The number of hydrogen-bond donors (Lipinski definition) is 3. The summed E-state index contributed by atoms with van der Waals surface area (Å²) in [6.45, 7) is 4.04. The third-order valence-electron chi connectivity index (χ3n) is 5.24. The molecule has 4 aromatic rings. The standard InChI is InChI=1S/2C11H11NO.C2H5NO2.CH4O4S/c2*1-8-6-7-9-4-3-5-10(13)11(9)12(8)2;1-3-2(4)5;1-5-6(2,3)4/h2*3-7H,1-2H3;3H,1H3,(H,4,5);1H3,(H,2,3,4). The van der Waals surface area contributed by atoms with Gasteiger partial charge in [-0.1, -0.05) is 12.1 Å². The molecule has 0 atom stereocenters. The molecule has 37 heavy (non-hydrogen) atoms. The molecule has 12 heteroatoms. The van der Waals surface area contributed by atoms with Gasteiger partial charge in [0.1, 0.15) is 20.2 Å². The van der Waals surface area contributed by atoms with Crippen molar-refractivity contribution in [2.24, 2.45) is 14.1 Å². The van der Waals surface area contributed by atoms with Crippen molar-refractivity contribution >= 4 is 38.3 Å². The number of aromatic nitrogens is 2. The number of aromatic hydroxyl groups is 2. The molecule has 2 aromatic carbocycles. The van der Waals surface area contributed by atoms with Crippen LogP contribution in [0.15, 0.2) is 60.7 Å². The predicted octanol–water partition coefficient (Wildman–Crippen LogP) is 0.999. The third kappa shape index (κ3) is 9.52. The van der Waals surface area contributed by atoms with E-state index in [2.05, 4.69) is 4.18 Å². The fraction of sp³-hybridized carbons (Fsp3) is 0.240. The van der Waals surface area contributed by atoms with E-state index in [1.54, 1.807) is 12.1 Å². The maximum absolute atomic E-state index is 9.66. The van der Waals surface area contributed by atoms with Crippen molar-refractivity contribution in [2.45, 2.75) is 13.8 Å². The number of para-hydroxylation sites is 2. The number of aryl methyl sites for hydroxylation is 4. The highest BCUT2D eigenvalue weighted by molar-refractivity contribution is 7.80. The van der Waals surface area contributed by atoms with Gasteiger partial charge in [-0.05, 0) is 36.4 Å². The minimum Gasteiger partial charge on any atom is -0.726 e. The molecule has 0 spiro atoms. The first-order valence-corrected chi connectivity index (χ1v) is 12.1. The molecule has 2 heterocycles. The molecule has 0 aliphatic heterocycles. The molecule has 0 unspecified atom stereocenters. The summed E-state index contributed by atoms with van der Waals surface area (Å²) in [6, 6.07) is 19.2. The van der Waals surface area contributed by atoms with E-state index in [4.69, 9.17) is 9.90 Å². The minimum absolute atomic E-state index is 0.337. The van der Waals surface area contributed by atoms with Crippen LogP contribution in [0.2, 0.25) is 0 Å². The largest absolute Gasteiger partial charge is 0.726 e. The Kier molecular flexibility index (Phi) is 11.7. The van der Waals surface area contributed by atoms with E-state index >= 15 is 0 Å². The van der Waals surface area contributed by atoms with Crippen molar-refractivity contribution < 1.29 is 46.4 Å². The number of hydrogen-bond acceptors (Lipinski definition) is 8. The molecule has 0 bridgehead atoms. The maximum atomic E-state index is 9.66.